The fraction of sp³-hybridized carbons (Fsp3) is 0.222. The summed E-state index contributed by atoms with van der Waals surface area (Å²) >= 11 is 5.03. The van der Waals surface area contributed by atoms with E-state index in [1.807, 2.05) is 29.1 Å². The molecule has 0 unspecified atom stereocenters. The first-order valence-electron chi connectivity index (χ1n) is 4.10. The summed E-state index contributed by atoms with van der Waals surface area (Å²) in [6.07, 6.45) is 0. The molecule has 0 radical (unpaired) electrons. The molecule has 14 heavy (non-hydrogen) atoms. The van der Waals surface area contributed by atoms with Crippen LogP contribution >= 0.6 is 27.3 Å². The topological polar surface area (TPSA) is 38.0 Å². The zero-order chi connectivity index (χ0) is 10.1. The average Bonchev–Trinajstić information content (AvgIpc) is 2.78. The van der Waals surface area contributed by atoms with Crippen LogP contribution in [0.1, 0.15) is 5.69 Å². The van der Waals surface area contributed by atoms with Crippen LogP contribution < -0.4 is 0 Å². The summed E-state index contributed by atoms with van der Waals surface area (Å²) in [5.74, 6) is 0.885. The summed E-state index contributed by atoms with van der Waals surface area (Å²) in [6, 6.07) is 4.00. The largest absolute Gasteiger partial charge is 0.390 e. The SMILES string of the molecule is Cn1c(-c2cccs2)nc(CO)c1Br. The molecule has 2 aromatic rings. The van der Waals surface area contributed by atoms with Crippen molar-refractivity contribution in [2.75, 3.05) is 0 Å². The van der Waals surface area contributed by atoms with Gasteiger partial charge in [0.05, 0.1) is 17.2 Å². The van der Waals surface area contributed by atoms with E-state index < -0.39 is 0 Å². The molecule has 1 N–H and O–H groups in total. The van der Waals surface area contributed by atoms with Crippen LogP contribution in [-0.4, -0.2) is 14.7 Å². The third-order valence-corrected chi connectivity index (χ3v) is 3.84. The van der Waals surface area contributed by atoms with Gasteiger partial charge < -0.3 is 9.67 Å². The number of halogens is 1. The Hall–Kier alpha value is -0.650. The number of hydrogen-bond acceptors (Lipinski definition) is 3. The van der Waals surface area contributed by atoms with Gasteiger partial charge in [-0.3, -0.25) is 0 Å². The average molecular weight is 273 g/mol. The first-order valence-corrected chi connectivity index (χ1v) is 5.77. The van der Waals surface area contributed by atoms with Crippen LogP contribution in [0, 0.1) is 0 Å². The van der Waals surface area contributed by atoms with E-state index in [0.29, 0.717) is 5.69 Å². The molecule has 2 heterocycles. The Bertz CT molecular complexity index is 436. The zero-order valence-corrected chi connectivity index (χ0v) is 9.97. The third-order valence-electron chi connectivity index (χ3n) is 1.98. The lowest BCUT2D eigenvalue weighted by atomic mass is 10.4. The molecule has 2 rings (SSSR count). The second kappa shape index (κ2) is 3.84. The Morgan fingerprint density at radius 3 is 2.93 bits per heavy atom. The molecular weight excluding hydrogens is 264 g/mol. The van der Waals surface area contributed by atoms with Crippen LogP contribution in [0.4, 0.5) is 0 Å². The highest BCUT2D eigenvalue weighted by Crippen LogP contribution is 2.28. The van der Waals surface area contributed by atoms with Crippen molar-refractivity contribution in [2.45, 2.75) is 6.61 Å². The molecule has 3 nitrogen and oxygen atoms in total. The number of thiophene rings is 1. The van der Waals surface area contributed by atoms with E-state index in [4.69, 9.17) is 5.11 Å². The number of aromatic nitrogens is 2. The predicted molar refractivity (Wildman–Crippen MR) is 60.1 cm³/mol. The molecule has 0 aromatic carbocycles. The molecule has 0 aliphatic rings. The normalized spacial score (nSPS) is 10.8. The molecule has 0 aliphatic heterocycles. The zero-order valence-electron chi connectivity index (χ0n) is 7.57. The highest BCUT2D eigenvalue weighted by molar-refractivity contribution is 9.10. The second-order valence-corrected chi connectivity index (χ2v) is 4.57. The Morgan fingerprint density at radius 2 is 2.43 bits per heavy atom. The third kappa shape index (κ3) is 1.51. The fourth-order valence-corrected chi connectivity index (χ4v) is 2.39. The van der Waals surface area contributed by atoms with E-state index >= 15 is 0 Å². The van der Waals surface area contributed by atoms with Crippen LogP contribution in [0.5, 0.6) is 0 Å². The molecule has 0 atom stereocenters. The van der Waals surface area contributed by atoms with Gasteiger partial charge >= 0.3 is 0 Å². The number of rotatable bonds is 2. The summed E-state index contributed by atoms with van der Waals surface area (Å²) in [5, 5.41) is 11.1. The fourth-order valence-electron chi connectivity index (χ4n) is 1.26. The maximum Gasteiger partial charge on any atom is 0.151 e. The number of imidazole rings is 1. The summed E-state index contributed by atoms with van der Waals surface area (Å²) in [5.41, 5.74) is 0.677. The van der Waals surface area contributed by atoms with Crippen molar-refractivity contribution >= 4 is 27.3 Å². The van der Waals surface area contributed by atoms with Gasteiger partial charge in [-0.2, -0.15) is 0 Å². The van der Waals surface area contributed by atoms with Crippen LogP contribution in [0.2, 0.25) is 0 Å². The van der Waals surface area contributed by atoms with E-state index in [1.165, 1.54) is 0 Å². The maximum absolute atomic E-state index is 9.05. The summed E-state index contributed by atoms with van der Waals surface area (Å²) in [4.78, 5) is 5.45. The Morgan fingerprint density at radius 1 is 1.64 bits per heavy atom. The van der Waals surface area contributed by atoms with Crippen LogP contribution in [-0.2, 0) is 13.7 Å². The quantitative estimate of drug-likeness (QED) is 0.912. The van der Waals surface area contributed by atoms with Gasteiger partial charge in [0.15, 0.2) is 5.82 Å². The van der Waals surface area contributed by atoms with Gasteiger partial charge in [0.2, 0.25) is 0 Å². The number of aliphatic hydroxyl groups is 1. The van der Waals surface area contributed by atoms with Crippen molar-refractivity contribution in [3.05, 3.63) is 27.8 Å². The molecule has 0 amide bonds. The molecule has 2 aromatic heterocycles. The van der Waals surface area contributed by atoms with Gasteiger partial charge in [-0.05, 0) is 27.4 Å². The second-order valence-electron chi connectivity index (χ2n) is 2.87. The molecule has 0 aliphatic carbocycles. The molecule has 5 heteroatoms. The van der Waals surface area contributed by atoms with E-state index in [9.17, 15) is 0 Å². The lowest BCUT2D eigenvalue weighted by molar-refractivity contribution is 0.276. The van der Waals surface area contributed by atoms with E-state index in [0.717, 1.165) is 15.3 Å². The standard InChI is InChI=1S/C9H9BrN2OS/c1-12-8(10)6(5-13)11-9(12)7-3-2-4-14-7/h2-4,13H,5H2,1H3. The first kappa shape index (κ1) is 9.89. The highest BCUT2D eigenvalue weighted by Gasteiger charge is 2.13. The van der Waals surface area contributed by atoms with E-state index in [2.05, 4.69) is 20.9 Å². The highest BCUT2D eigenvalue weighted by atomic mass is 79.9. The van der Waals surface area contributed by atoms with Gasteiger partial charge in [0.1, 0.15) is 4.60 Å². The predicted octanol–water partition coefficient (Wildman–Crippen LogP) is 2.40. The summed E-state index contributed by atoms with van der Waals surface area (Å²) in [6.45, 7) is -0.0419. The number of aliphatic hydroxyl groups excluding tert-OH is 1. The van der Waals surface area contributed by atoms with Gasteiger partial charge in [-0.15, -0.1) is 11.3 Å². The van der Waals surface area contributed by atoms with Crippen molar-refractivity contribution in [3.63, 3.8) is 0 Å². The first-order chi connectivity index (χ1) is 6.74. The molecule has 0 bridgehead atoms. The van der Waals surface area contributed by atoms with Gasteiger partial charge in [-0.25, -0.2) is 4.98 Å². The number of nitrogens with zero attached hydrogens (tertiary/aromatic N) is 2. The van der Waals surface area contributed by atoms with Crippen LogP contribution in [0.3, 0.4) is 0 Å². The smallest absolute Gasteiger partial charge is 0.151 e. The van der Waals surface area contributed by atoms with E-state index in [-0.39, 0.29) is 6.61 Å². The monoisotopic (exact) mass is 272 g/mol. The maximum atomic E-state index is 9.05. The van der Waals surface area contributed by atoms with Gasteiger partial charge in [0.25, 0.3) is 0 Å². The minimum atomic E-state index is -0.0419. The Kier molecular flexibility index (Phi) is 2.71. The van der Waals surface area contributed by atoms with Crippen LogP contribution in [0.15, 0.2) is 22.1 Å². The van der Waals surface area contributed by atoms with Gasteiger partial charge in [0, 0.05) is 7.05 Å². The Balaban J connectivity index is 2.55. The van der Waals surface area contributed by atoms with Crippen molar-refractivity contribution in [2.24, 2.45) is 7.05 Å². The van der Waals surface area contributed by atoms with Crippen molar-refractivity contribution < 1.29 is 5.11 Å². The van der Waals surface area contributed by atoms with Crippen molar-refractivity contribution in [1.29, 1.82) is 0 Å². The van der Waals surface area contributed by atoms with Gasteiger partial charge in [-0.1, -0.05) is 6.07 Å². The minimum absolute atomic E-state index is 0.0419. The Labute approximate surface area is 94.2 Å². The molecular formula is C9H9BrN2OS. The van der Waals surface area contributed by atoms with E-state index in [1.54, 1.807) is 11.3 Å². The van der Waals surface area contributed by atoms with Crippen molar-refractivity contribution in [1.82, 2.24) is 9.55 Å². The molecule has 0 saturated heterocycles. The molecule has 74 valence electrons. The summed E-state index contributed by atoms with van der Waals surface area (Å²) in [7, 11) is 1.92. The van der Waals surface area contributed by atoms with Crippen molar-refractivity contribution in [3.8, 4) is 10.7 Å². The lowest BCUT2D eigenvalue weighted by Crippen LogP contribution is -1.90. The number of hydrogen-bond donors (Lipinski definition) is 1. The lowest BCUT2D eigenvalue weighted by Gasteiger charge is -1.98. The molecule has 0 fully saturated rings. The summed E-state index contributed by atoms with van der Waals surface area (Å²) < 4.78 is 2.76. The van der Waals surface area contributed by atoms with Crippen LogP contribution in [0.25, 0.3) is 10.7 Å². The molecule has 0 saturated carbocycles. The molecule has 0 spiro atoms. The minimum Gasteiger partial charge on any atom is -0.390 e.